The van der Waals surface area contributed by atoms with Gasteiger partial charge < -0.3 is 5.32 Å². The molecule has 96 valence electrons. The van der Waals surface area contributed by atoms with E-state index in [2.05, 4.69) is 18.3 Å². The third kappa shape index (κ3) is 3.44. The topological polar surface area (TPSA) is 35.8 Å². The number of nitriles is 1. The smallest absolute Gasteiger partial charge is 0.103 e. The van der Waals surface area contributed by atoms with Crippen LogP contribution in [0.2, 0.25) is 5.02 Å². The molecule has 0 saturated carbocycles. The molecule has 0 radical (unpaired) electrons. The Labute approximate surface area is 122 Å². The highest BCUT2D eigenvalue weighted by Crippen LogP contribution is 2.30. The summed E-state index contributed by atoms with van der Waals surface area (Å²) >= 11 is 7.62. The fraction of sp³-hybridized carbons (Fsp3) is 0.133. The minimum atomic E-state index is 0.669. The highest BCUT2D eigenvalue weighted by Gasteiger charge is 2.08. The van der Waals surface area contributed by atoms with E-state index >= 15 is 0 Å². The maximum absolute atomic E-state index is 9.33. The first-order valence-corrected chi connectivity index (χ1v) is 7.29. The van der Waals surface area contributed by atoms with Crippen LogP contribution in [-0.4, -0.2) is 5.75 Å². The van der Waals surface area contributed by atoms with Crippen LogP contribution in [0.4, 0.5) is 11.4 Å². The zero-order chi connectivity index (χ0) is 13.7. The van der Waals surface area contributed by atoms with E-state index in [4.69, 9.17) is 11.6 Å². The van der Waals surface area contributed by atoms with E-state index in [1.807, 2.05) is 42.5 Å². The van der Waals surface area contributed by atoms with E-state index in [9.17, 15) is 5.26 Å². The van der Waals surface area contributed by atoms with Gasteiger partial charge in [0, 0.05) is 15.6 Å². The Morgan fingerprint density at radius 1 is 1.26 bits per heavy atom. The van der Waals surface area contributed by atoms with Crippen LogP contribution in [0.25, 0.3) is 0 Å². The van der Waals surface area contributed by atoms with Crippen LogP contribution >= 0.6 is 23.4 Å². The van der Waals surface area contributed by atoms with Crippen LogP contribution < -0.4 is 5.32 Å². The summed E-state index contributed by atoms with van der Waals surface area (Å²) in [5.41, 5.74) is 2.36. The van der Waals surface area contributed by atoms with Crippen molar-refractivity contribution in [1.29, 1.82) is 5.26 Å². The van der Waals surface area contributed by atoms with E-state index in [1.165, 1.54) is 0 Å². The van der Waals surface area contributed by atoms with Gasteiger partial charge in [0.1, 0.15) is 6.07 Å². The van der Waals surface area contributed by atoms with Gasteiger partial charge in [-0.05, 0) is 36.1 Å². The number of rotatable bonds is 4. The van der Waals surface area contributed by atoms with Gasteiger partial charge in [0.2, 0.25) is 0 Å². The van der Waals surface area contributed by atoms with Gasteiger partial charge in [0.15, 0.2) is 0 Å². The third-order valence-electron chi connectivity index (χ3n) is 2.54. The van der Waals surface area contributed by atoms with Crippen molar-refractivity contribution in [2.45, 2.75) is 11.8 Å². The van der Waals surface area contributed by atoms with Crippen molar-refractivity contribution < 1.29 is 0 Å². The first-order chi connectivity index (χ1) is 9.24. The molecule has 2 aromatic rings. The summed E-state index contributed by atoms with van der Waals surface area (Å²) in [5.74, 6) is 0.940. The molecule has 4 heteroatoms. The van der Waals surface area contributed by atoms with Gasteiger partial charge >= 0.3 is 0 Å². The van der Waals surface area contributed by atoms with Gasteiger partial charge in [-0.1, -0.05) is 30.7 Å². The number of nitrogens with one attached hydrogen (secondary N) is 1. The summed E-state index contributed by atoms with van der Waals surface area (Å²) < 4.78 is 0. The predicted octanol–water partition coefficient (Wildman–Crippen LogP) is 5.07. The maximum Gasteiger partial charge on any atom is 0.103 e. The first-order valence-electron chi connectivity index (χ1n) is 5.93. The van der Waals surface area contributed by atoms with Gasteiger partial charge in [0.05, 0.1) is 11.3 Å². The molecule has 0 amide bonds. The Hall–Kier alpha value is -1.63. The molecule has 0 unspecified atom stereocenters. The standard InChI is InChI=1S/C15H13ClN2S/c1-2-19-15-8-4-7-14(13(15)10-17)18-12-6-3-5-11(16)9-12/h3-9,18H,2H2,1H3. The lowest BCUT2D eigenvalue weighted by molar-refractivity contribution is 1.35. The van der Waals surface area contributed by atoms with Crippen molar-refractivity contribution in [3.63, 3.8) is 0 Å². The van der Waals surface area contributed by atoms with E-state index < -0.39 is 0 Å². The molecule has 1 N–H and O–H groups in total. The zero-order valence-corrected chi connectivity index (χ0v) is 12.1. The van der Waals surface area contributed by atoms with Crippen molar-refractivity contribution in [3.05, 3.63) is 53.1 Å². The van der Waals surface area contributed by atoms with Crippen LogP contribution in [-0.2, 0) is 0 Å². The van der Waals surface area contributed by atoms with Crippen molar-refractivity contribution in [2.75, 3.05) is 11.1 Å². The molecule has 0 heterocycles. The van der Waals surface area contributed by atoms with Crippen LogP contribution in [0.15, 0.2) is 47.4 Å². The Balaban J connectivity index is 2.35. The normalized spacial score (nSPS) is 9.95. The molecular weight excluding hydrogens is 276 g/mol. The fourth-order valence-corrected chi connectivity index (χ4v) is 2.72. The summed E-state index contributed by atoms with van der Waals surface area (Å²) in [6, 6.07) is 15.5. The molecule has 0 saturated heterocycles. The second-order valence-electron chi connectivity index (χ2n) is 3.86. The van der Waals surface area contributed by atoms with Crippen LogP contribution in [0.3, 0.4) is 0 Å². The largest absolute Gasteiger partial charge is 0.354 e. The Morgan fingerprint density at radius 2 is 2.05 bits per heavy atom. The first kappa shape index (κ1) is 13.8. The van der Waals surface area contributed by atoms with Crippen molar-refractivity contribution in [1.82, 2.24) is 0 Å². The summed E-state index contributed by atoms with van der Waals surface area (Å²) in [6.45, 7) is 2.07. The maximum atomic E-state index is 9.33. The summed E-state index contributed by atoms with van der Waals surface area (Å²) in [5, 5.41) is 13.2. The van der Waals surface area contributed by atoms with E-state index in [0.717, 1.165) is 22.0 Å². The zero-order valence-electron chi connectivity index (χ0n) is 10.5. The molecule has 2 rings (SSSR count). The molecule has 0 aliphatic heterocycles. The van der Waals surface area contributed by atoms with Crippen LogP contribution in [0.5, 0.6) is 0 Å². The number of nitrogens with zero attached hydrogens (tertiary/aromatic N) is 1. The Kier molecular flexibility index (Phi) is 4.73. The number of benzene rings is 2. The van der Waals surface area contributed by atoms with Crippen molar-refractivity contribution in [2.24, 2.45) is 0 Å². The van der Waals surface area contributed by atoms with Crippen LogP contribution in [0.1, 0.15) is 12.5 Å². The number of halogens is 1. The molecule has 0 aliphatic carbocycles. The molecule has 0 aromatic heterocycles. The average Bonchev–Trinajstić information content (AvgIpc) is 2.39. The SMILES string of the molecule is CCSc1cccc(Nc2cccc(Cl)c2)c1C#N. The molecule has 2 aromatic carbocycles. The van der Waals surface area contributed by atoms with Gasteiger partial charge in [-0.3, -0.25) is 0 Å². The lowest BCUT2D eigenvalue weighted by atomic mass is 10.2. The fourth-order valence-electron chi connectivity index (χ4n) is 1.75. The lowest BCUT2D eigenvalue weighted by Gasteiger charge is -2.11. The minimum Gasteiger partial charge on any atom is -0.354 e. The predicted molar refractivity (Wildman–Crippen MR) is 82.3 cm³/mol. The molecule has 0 aliphatic rings. The molecule has 0 fully saturated rings. The average molecular weight is 289 g/mol. The van der Waals surface area contributed by atoms with Gasteiger partial charge in [0.25, 0.3) is 0 Å². The minimum absolute atomic E-state index is 0.669. The monoisotopic (exact) mass is 288 g/mol. The summed E-state index contributed by atoms with van der Waals surface area (Å²) in [4.78, 5) is 0.997. The second kappa shape index (κ2) is 6.51. The van der Waals surface area contributed by atoms with E-state index in [0.29, 0.717) is 10.6 Å². The number of hydrogen-bond acceptors (Lipinski definition) is 3. The molecular formula is C15H13ClN2S. The van der Waals surface area contributed by atoms with Crippen molar-refractivity contribution in [3.8, 4) is 6.07 Å². The number of hydrogen-bond donors (Lipinski definition) is 1. The van der Waals surface area contributed by atoms with E-state index in [1.54, 1.807) is 11.8 Å². The lowest BCUT2D eigenvalue weighted by Crippen LogP contribution is -1.95. The van der Waals surface area contributed by atoms with Crippen LogP contribution in [0, 0.1) is 11.3 Å². The van der Waals surface area contributed by atoms with Crippen molar-refractivity contribution >= 4 is 34.7 Å². The molecule has 19 heavy (non-hydrogen) atoms. The number of thioether (sulfide) groups is 1. The quantitative estimate of drug-likeness (QED) is 0.798. The summed E-state index contributed by atoms with van der Waals surface area (Å²) in [6.07, 6.45) is 0. The highest BCUT2D eigenvalue weighted by atomic mass is 35.5. The second-order valence-corrected chi connectivity index (χ2v) is 5.60. The Bertz CT molecular complexity index is 620. The third-order valence-corrected chi connectivity index (χ3v) is 3.72. The van der Waals surface area contributed by atoms with Gasteiger partial charge in [-0.2, -0.15) is 5.26 Å². The van der Waals surface area contributed by atoms with E-state index in [-0.39, 0.29) is 0 Å². The summed E-state index contributed by atoms with van der Waals surface area (Å²) in [7, 11) is 0. The molecule has 0 bridgehead atoms. The molecule has 0 atom stereocenters. The Morgan fingerprint density at radius 3 is 2.74 bits per heavy atom. The van der Waals surface area contributed by atoms with Gasteiger partial charge in [-0.15, -0.1) is 11.8 Å². The molecule has 0 spiro atoms. The highest BCUT2D eigenvalue weighted by molar-refractivity contribution is 7.99. The van der Waals surface area contributed by atoms with Gasteiger partial charge in [-0.25, -0.2) is 0 Å². The molecule has 2 nitrogen and oxygen atoms in total. The number of anilines is 2.